The zero-order valence-electron chi connectivity index (χ0n) is 13.4. The van der Waals surface area contributed by atoms with E-state index in [0.29, 0.717) is 11.4 Å². The van der Waals surface area contributed by atoms with Gasteiger partial charge >= 0.3 is 0 Å². The first-order chi connectivity index (χ1) is 11.1. The Bertz CT molecular complexity index is 647. The van der Waals surface area contributed by atoms with Gasteiger partial charge in [0.1, 0.15) is 0 Å². The Morgan fingerprint density at radius 1 is 1.00 bits per heavy atom. The maximum Gasteiger partial charge on any atom is 0.159 e. The summed E-state index contributed by atoms with van der Waals surface area (Å²) in [7, 11) is 0. The molecule has 0 N–H and O–H groups in total. The maximum absolute atomic E-state index is 13.3. The molecule has 122 valence electrons. The van der Waals surface area contributed by atoms with Crippen LogP contribution in [-0.4, -0.2) is 9.97 Å². The molecule has 0 radical (unpaired) electrons. The third kappa shape index (κ3) is 4.12. The summed E-state index contributed by atoms with van der Waals surface area (Å²) in [6.45, 7) is 2.33. The Hall–Kier alpha value is -1.84. The van der Waals surface area contributed by atoms with Crippen molar-refractivity contribution in [3.63, 3.8) is 0 Å². The van der Waals surface area contributed by atoms with Crippen molar-refractivity contribution in [2.45, 2.75) is 45.4 Å². The summed E-state index contributed by atoms with van der Waals surface area (Å²) in [5, 5.41) is 0. The second-order valence-electron chi connectivity index (χ2n) is 6.71. The average molecular weight is 316 g/mol. The average Bonchev–Trinajstić information content (AvgIpc) is 2.57. The summed E-state index contributed by atoms with van der Waals surface area (Å²) in [5.41, 5.74) is 1.60. The molecule has 0 bridgehead atoms. The van der Waals surface area contributed by atoms with Gasteiger partial charge < -0.3 is 0 Å². The van der Waals surface area contributed by atoms with Crippen molar-refractivity contribution in [1.82, 2.24) is 9.97 Å². The molecule has 1 aliphatic carbocycles. The lowest BCUT2D eigenvalue weighted by Crippen LogP contribution is -2.13. The van der Waals surface area contributed by atoms with Gasteiger partial charge in [-0.3, -0.25) is 0 Å². The number of halogens is 2. The number of benzene rings is 1. The van der Waals surface area contributed by atoms with Crippen molar-refractivity contribution in [3.05, 3.63) is 47.8 Å². The summed E-state index contributed by atoms with van der Waals surface area (Å²) >= 11 is 0. The van der Waals surface area contributed by atoms with E-state index < -0.39 is 11.6 Å². The number of aromatic nitrogens is 2. The van der Waals surface area contributed by atoms with Crippen molar-refractivity contribution >= 4 is 0 Å². The zero-order chi connectivity index (χ0) is 16.2. The third-order valence-electron chi connectivity index (χ3n) is 4.86. The molecule has 1 saturated carbocycles. The van der Waals surface area contributed by atoms with Crippen LogP contribution in [-0.2, 0) is 6.42 Å². The molecule has 0 unspecified atom stereocenters. The van der Waals surface area contributed by atoms with Crippen LogP contribution in [0.15, 0.2) is 30.6 Å². The Morgan fingerprint density at radius 2 is 1.70 bits per heavy atom. The van der Waals surface area contributed by atoms with Gasteiger partial charge in [-0.25, -0.2) is 18.7 Å². The summed E-state index contributed by atoms with van der Waals surface area (Å²) in [6, 6.07) is 3.73. The lowest BCUT2D eigenvalue weighted by molar-refractivity contribution is 0.277. The van der Waals surface area contributed by atoms with Gasteiger partial charge in [0.2, 0.25) is 0 Å². The fourth-order valence-corrected chi connectivity index (χ4v) is 3.26. The first-order valence-corrected chi connectivity index (χ1v) is 8.38. The summed E-state index contributed by atoms with van der Waals surface area (Å²) < 4.78 is 26.2. The van der Waals surface area contributed by atoms with Crippen LogP contribution in [0.2, 0.25) is 0 Å². The molecule has 0 spiro atoms. The van der Waals surface area contributed by atoms with Gasteiger partial charge in [-0.1, -0.05) is 32.6 Å². The monoisotopic (exact) mass is 316 g/mol. The second-order valence-corrected chi connectivity index (χ2v) is 6.71. The van der Waals surface area contributed by atoms with Crippen LogP contribution >= 0.6 is 0 Å². The quantitative estimate of drug-likeness (QED) is 0.776. The van der Waals surface area contributed by atoms with Crippen LogP contribution in [0.4, 0.5) is 8.78 Å². The number of rotatable bonds is 4. The van der Waals surface area contributed by atoms with E-state index in [2.05, 4.69) is 16.9 Å². The Balaban J connectivity index is 1.59. The minimum Gasteiger partial charge on any atom is -0.236 e. The third-order valence-corrected chi connectivity index (χ3v) is 4.86. The standard InChI is InChI=1S/C19H22F2N2/c1-13-2-4-14(5-3-13)6-7-15-11-22-19(23-12-15)16-8-9-17(20)18(21)10-16/h8-14H,2-7H2,1H3. The highest BCUT2D eigenvalue weighted by molar-refractivity contribution is 5.54. The molecule has 4 heteroatoms. The van der Waals surface area contributed by atoms with E-state index in [0.717, 1.165) is 36.0 Å². The predicted molar refractivity (Wildman–Crippen MR) is 86.8 cm³/mol. The molecule has 0 aliphatic heterocycles. The zero-order valence-corrected chi connectivity index (χ0v) is 13.4. The van der Waals surface area contributed by atoms with Crippen molar-refractivity contribution in [1.29, 1.82) is 0 Å². The van der Waals surface area contributed by atoms with E-state index in [4.69, 9.17) is 0 Å². The number of nitrogens with zero attached hydrogens (tertiary/aromatic N) is 2. The lowest BCUT2D eigenvalue weighted by Gasteiger charge is -2.25. The fourth-order valence-electron chi connectivity index (χ4n) is 3.26. The maximum atomic E-state index is 13.3. The van der Waals surface area contributed by atoms with Crippen molar-refractivity contribution in [3.8, 4) is 11.4 Å². The first-order valence-electron chi connectivity index (χ1n) is 8.38. The van der Waals surface area contributed by atoms with Crippen LogP contribution in [0.3, 0.4) is 0 Å². The van der Waals surface area contributed by atoms with E-state index in [1.807, 2.05) is 0 Å². The molecular weight excluding hydrogens is 294 g/mol. The van der Waals surface area contributed by atoms with E-state index in [9.17, 15) is 8.78 Å². The molecule has 0 amide bonds. The smallest absolute Gasteiger partial charge is 0.159 e. The summed E-state index contributed by atoms with van der Waals surface area (Å²) in [4.78, 5) is 8.59. The van der Waals surface area contributed by atoms with Crippen LogP contribution in [0.1, 0.15) is 44.6 Å². The van der Waals surface area contributed by atoms with Crippen LogP contribution in [0, 0.1) is 23.5 Å². The van der Waals surface area contributed by atoms with Crippen LogP contribution in [0.5, 0.6) is 0 Å². The van der Waals surface area contributed by atoms with E-state index in [1.165, 1.54) is 38.2 Å². The normalized spacial score (nSPS) is 21.3. The number of hydrogen-bond acceptors (Lipinski definition) is 2. The Morgan fingerprint density at radius 3 is 2.35 bits per heavy atom. The van der Waals surface area contributed by atoms with E-state index >= 15 is 0 Å². The Labute approximate surface area is 136 Å². The minimum absolute atomic E-state index is 0.430. The van der Waals surface area contributed by atoms with Crippen molar-refractivity contribution < 1.29 is 8.78 Å². The molecule has 2 aromatic rings. The molecule has 0 saturated heterocycles. The Kier molecular flexibility index (Phi) is 4.99. The molecule has 3 rings (SSSR count). The van der Waals surface area contributed by atoms with Gasteiger partial charge in [-0.15, -0.1) is 0 Å². The molecule has 1 aromatic carbocycles. The molecule has 1 aromatic heterocycles. The molecular formula is C19H22F2N2. The molecule has 2 nitrogen and oxygen atoms in total. The van der Waals surface area contributed by atoms with E-state index in [1.54, 1.807) is 12.4 Å². The van der Waals surface area contributed by atoms with Gasteiger partial charge in [0.05, 0.1) is 0 Å². The highest BCUT2D eigenvalue weighted by Gasteiger charge is 2.18. The first kappa shape index (κ1) is 16.0. The van der Waals surface area contributed by atoms with E-state index in [-0.39, 0.29) is 0 Å². The molecule has 0 atom stereocenters. The van der Waals surface area contributed by atoms with Gasteiger partial charge in [0, 0.05) is 18.0 Å². The van der Waals surface area contributed by atoms with Gasteiger partial charge in [0.15, 0.2) is 17.5 Å². The largest absolute Gasteiger partial charge is 0.236 e. The number of aryl methyl sites for hydroxylation is 1. The molecule has 23 heavy (non-hydrogen) atoms. The van der Waals surface area contributed by atoms with Gasteiger partial charge in [-0.05, 0) is 48.4 Å². The minimum atomic E-state index is -0.873. The highest BCUT2D eigenvalue weighted by Crippen LogP contribution is 2.31. The van der Waals surface area contributed by atoms with Crippen LogP contribution in [0.25, 0.3) is 11.4 Å². The molecule has 1 heterocycles. The van der Waals surface area contributed by atoms with Crippen molar-refractivity contribution in [2.24, 2.45) is 11.8 Å². The highest BCUT2D eigenvalue weighted by atomic mass is 19.2. The van der Waals surface area contributed by atoms with Crippen LogP contribution < -0.4 is 0 Å². The van der Waals surface area contributed by atoms with Gasteiger partial charge in [-0.2, -0.15) is 0 Å². The van der Waals surface area contributed by atoms with Gasteiger partial charge in [0.25, 0.3) is 0 Å². The number of hydrogen-bond donors (Lipinski definition) is 0. The SMILES string of the molecule is CC1CCC(CCc2cnc(-c3ccc(F)c(F)c3)nc2)CC1. The topological polar surface area (TPSA) is 25.8 Å². The second kappa shape index (κ2) is 7.16. The molecule has 1 aliphatic rings. The summed E-state index contributed by atoms with van der Waals surface area (Å²) in [6.07, 6.45) is 11.1. The fraction of sp³-hybridized carbons (Fsp3) is 0.474. The van der Waals surface area contributed by atoms with Crippen molar-refractivity contribution in [2.75, 3.05) is 0 Å². The lowest BCUT2D eigenvalue weighted by atomic mass is 9.80. The predicted octanol–water partition coefficient (Wildman–Crippen LogP) is 5.18. The molecule has 1 fully saturated rings. The summed E-state index contributed by atoms with van der Waals surface area (Å²) in [5.74, 6) is 0.398.